The van der Waals surface area contributed by atoms with Gasteiger partial charge in [0.1, 0.15) is 9.84 Å². The van der Waals surface area contributed by atoms with Crippen LogP contribution in [0.3, 0.4) is 0 Å². The van der Waals surface area contributed by atoms with Crippen molar-refractivity contribution in [2.75, 3.05) is 18.1 Å². The molecule has 0 bridgehead atoms. The highest BCUT2D eigenvalue weighted by molar-refractivity contribution is 7.91. The van der Waals surface area contributed by atoms with Gasteiger partial charge in [-0.3, -0.25) is 0 Å². The normalized spacial score (nSPS) is 14.7. The van der Waals surface area contributed by atoms with Crippen molar-refractivity contribution < 1.29 is 13.2 Å². The SMILES string of the molecule is CCOC(CC)(CC)C(N)CCCS(=O)(=O)CC. The Bertz CT molecular complexity index is 310. The lowest BCUT2D eigenvalue weighted by molar-refractivity contribution is -0.0651. The highest BCUT2D eigenvalue weighted by Gasteiger charge is 2.33. The van der Waals surface area contributed by atoms with E-state index in [1.165, 1.54) is 0 Å². The van der Waals surface area contributed by atoms with E-state index < -0.39 is 9.84 Å². The van der Waals surface area contributed by atoms with Gasteiger partial charge in [0.15, 0.2) is 0 Å². The maximum Gasteiger partial charge on any atom is 0.150 e. The van der Waals surface area contributed by atoms with Crippen molar-refractivity contribution in [3.05, 3.63) is 0 Å². The lowest BCUT2D eigenvalue weighted by Gasteiger charge is -2.37. The Hall–Kier alpha value is -0.130. The summed E-state index contributed by atoms with van der Waals surface area (Å²) in [6.07, 6.45) is 3.03. The summed E-state index contributed by atoms with van der Waals surface area (Å²) in [7, 11) is -2.88. The molecule has 0 radical (unpaired) electrons. The van der Waals surface area contributed by atoms with Crippen LogP contribution in [-0.2, 0) is 14.6 Å². The van der Waals surface area contributed by atoms with Crippen molar-refractivity contribution in [2.45, 2.75) is 65.0 Å². The molecule has 0 aliphatic heterocycles. The third-order valence-electron chi connectivity index (χ3n) is 3.71. The molecular weight excluding hydrogens is 250 g/mol. The van der Waals surface area contributed by atoms with E-state index in [-0.39, 0.29) is 23.1 Å². The van der Waals surface area contributed by atoms with Gasteiger partial charge in [-0.2, -0.15) is 0 Å². The molecule has 110 valence electrons. The van der Waals surface area contributed by atoms with Gasteiger partial charge < -0.3 is 10.5 Å². The second kappa shape index (κ2) is 8.12. The lowest BCUT2D eigenvalue weighted by Crippen LogP contribution is -2.49. The molecule has 2 N–H and O–H groups in total. The lowest BCUT2D eigenvalue weighted by atomic mass is 9.86. The summed E-state index contributed by atoms with van der Waals surface area (Å²) >= 11 is 0. The first kappa shape index (κ1) is 17.9. The predicted molar refractivity (Wildman–Crippen MR) is 76.5 cm³/mol. The van der Waals surface area contributed by atoms with E-state index in [1.54, 1.807) is 6.92 Å². The van der Waals surface area contributed by atoms with Gasteiger partial charge in [-0.15, -0.1) is 0 Å². The zero-order chi connectivity index (χ0) is 14.2. The zero-order valence-electron chi connectivity index (χ0n) is 12.2. The van der Waals surface area contributed by atoms with Crippen LogP contribution < -0.4 is 5.73 Å². The van der Waals surface area contributed by atoms with Crippen LogP contribution in [0.2, 0.25) is 0 Å². The van der Waals surface area contributed by atoms with Crippen molar-refractivity contribution in [3.8, 4) is 0 Å². The Balaban J connectivity index is 4.40. The molecule has 0 spiro atoms. The quantitative estimate of drug-likeness (QED) is 0.665. The molecule has 5 heteroatoms. The summed E-state index contributed by atoms with van der Waals surface area (Å²) in [4.78, 5) is 0. The number of ether oxygens (including phenoxy) is 1. The van der Waals surface area contributed by atoms with Gasteiger partial charge in [-0.25, -0.2) is 8.42 Å². The van der Waals surface area contributed by atoms with Gasteiger partial charge in [0.25, 0.3) is 0 Å². The van der Waals surface area contributed by atoms with Crippen LogP contribution in [-0.4, -0.2) is 38.2 Å². The fourth-order valence-electron chi connectivity index (χ4n) is 2.30. The smallest absolute Gasteiger partial charge is 0.150 e. The topological polar surface area (TPSA) is 69.4 Å². The fraction of sp³-hybridized carbons (Fsp3) is 1.00. The zero-order valence-corrected chi connectivity index (χ0v) is 13.1. The van der Waals surface area contributed by atoms with Crippen LogP contribution in [0.4, 0.5) is 0 Å². The van der Waals surface area contributed by atoms with Crippen molar-refractivity contribution in [1.29, 1.82) is 0 Å². The van der Waals surface area contributed by atoms with E-state index >= 15 is 0 Å². The highest BCUT2D eigenvalue weighted by Crippen LogP contribution is 2.26. The summed E-state index contributed by atoms with van der Waals surface area (Å²) < 4.78 is 28.7. The summed E-state index contributed by atoms with van der Waals surface area (Å²) in [6, 6.07) is -0.0977. The molecule has 0 saturated carbocycles. The average molecular weight is 279 g/mol. The summed E-state index contributed by atoms with van der Waals surface area (Å²) in [5.41, 5.74) is 5.91. The van der Waals surface area contributed by atoms with Crippen LogP contribution in [0.25, 0.3) is 0 Å². The molecular formula is C13H29NO3S. The molecule has 1 atom stereocenters. The van der Waals surface area contributed by atoms with Crippen LogP contribution in [0.15, 0.2) is 0 Å². The molecule has 4 nitrogen and oxygen atoms in total. The van der Waals surface area contributed by atoms with Crippen molar-refractivity contribution in [3.63, 3.8) is 0 Å². The van der Waals surface area contributed by atoms with Crippen LogP contribution >= 0.6 is 0 Å². The Morgan fingerprint density at radius 3 is 2.11 bits per heavy atom. The minimum atomic E-state index is -2.88. The molecule has 0 fully saturated rings. The van der Waals surface area contributed by atoms with Crippen molar-refractivity contribution in [1.82, 2.24) is 0 Å². The Morgan fingerprint density at radius 2 is 1.72 bits per heavy atom. The van der Waals surface area contributed by atoms with Gasteiger partial charge >= 0.3 is 0 Å². The number of sulfone groups is 1. The van der Waals surface area contributed by atoms with E-state index in [4.69, 9.17) is 10.5 Å². The Labute approximate surface area is 112 Å². The highest BCUT2D eigenvalue weighted by atomic mass is 32.2. The number of rotatable bonds is 10. The third kappa shape index (κ3) is 5.24. The molecule has 0 aromatic carbocycles. The van der Waals surface area contributed by atoms with Gasteiger partial charge in [-0.05, 0) is 32.6 Å². The van der Waals surface area contributed by atoms with Crippen LogP contribution in [0, 0.1) is 0 Å². The Morgan fingerprint density at radius 1 is 1.17 bits per heavy atom. The molecule has 0 saturated heterocycles. The van der Waals surface area contributed by atoms with E-state index in [9.17, 15) is 8.42 Å². The first-order chi connectivity index (χ1) is 8.37. The molecule has 0 amide bonds. The van der Waals surface area contributed by atoms with E-state index in [0.29, 0.717) is 19.4 Å². The number of nitrogens with two attached hydrogens (primary N) is 1. The van der Waals surface area contributed by atoms with Gasteiger partial charge in [-0.1, -0.05) is 20.8 Å². The van der Waals surface area contributed by atoms with Gasteiger partial charge in [0.05, 0.1) is 11.4 Å². The average Bonchev–Trinajstić information content (AvgIpc) is 2.35. The summed E-state index contributed by atoms with van der Waals surface area (Å²) in [6.45, 7) is 8.43. The summed E-state index contributed by atoms with van der Waals surface area (Å²) in [5, 5.41) is 0. The van der Waals surface area contributed by atoms with E-state index in [0.717, 1.165) is 12.8 Å². The third-order valence-corrected chi connectivity index (χ3v) is 5.51. The van der Waals surface area contributed by atoms with Crippen LogP contribution in [0.1, 0.15) is 53.4 Å². The number of hydrogen-bond acceptors (Lipinski definition) is 4. The minimum Gasteiger partial charge on any atom is -0.374 e. The van der Waals surface area contributed by atoms with Crippen LogP contribution in [0.5, 0.6) is 0 Å². The van der Waals surface area contributed by atoms with Gasteiger partial charge in [0, 0.05) is 18.4 Å². The molecule has 0 rings (SSSR count). The first-order valence-electron chi connectivity index (χ1n) is 6.97. The maximum absolute atomic E-state index is 11.4. The van der Waals surface area contributed by atoms with Crippen molar-refractivity contribution in [2.24, 2.45) is 5.73 Å². The maximum atomic E-state index is 11.4. The largest absolute Gasteiger partial charge is 0.374 e. The fourth-order valence-corrected chi connectivity index (χ4v) is 3.20. The molecule has 18 heavy (non-hydrogen) atoms. The second-order valence-electron chi connectivity index (χ2n) is 4.69. The second-order valence-corrected chi connectivity index (χ2v) is 7.16. The molecule has 0 aromatic heterocycles. The molecule has 1 unspecified atom stereocenters. The predicted octanol–water partition coefficient (Wildman–Crippen LogP) is 2.12. The minimum absolute atomic E-state index is 0.0977. The number of hydrogen-bond donors (Lipinski definition) is 1. The van der Waals surface area contributed by atoms with E-state index in [2.05, 4.69) is 13.8 Å². The van der Waals surface area contributed by atoms with E-state index in [1.807, 2.05) is 6.92 Å². The Kier molecular flexibility index (Phi) is 8.06. The first-order valence-corrected chi connectivity index (χ1v) is 8.79. The van der Waals surface area contributed by atoms with Crippen molar-refractivity contribution >= 4 is 9.84 Å². The molecule has 0 aliphatic rings. The monoisotopic (exact) mass is 279 g/mol. The molecule has 0 aromatic rings. The standard InChI is InChI=1S/C13H29NO3S/c1-5-13(6-2,17-7-3)12(14)10-9-11-18(15,16)8-4/h12H,5-11,14H2,1-4H3. The molecule has 0 aliphatic carbocycles. The summed E-state index contributed by atoms with van der Waals surface area (Å²) in [5.74, 6) is 0.438. The molecule has 0 heterocycles. The van der Waals surface area contributed by atoms with Gasteiger partial charge in [0.2, 0.25) is 0 Å².